The summed E-state index contributed by atoms with van der Waals surface area (Å²) < 4.78 is 0. The summed E-state index contributed by atoms with van der Waals surface area (Å²) in [5, 5.41) is 0. The van der Waals surface area contributed by atoms with Crippen molar-refractivity contribution in [3.8, 4) is 0 Å². The number of carbonyl (C=O) groups is 1. The van der Waals surface area contributed by atoms with Gasteiger partial charge in [-0.3, -0.25) is 9.78 Å². The Morgan fingerprint density at radius 2 is 2.10 bits per heavy atom. The third-order valence-corrected chi connectivity index (χ3v) is 0.809. The highest BCUT2D eigenvalue weighted by atomic mass is 16.1. The largest absolute Gasteiger partial charge is 0.296 e. The Balaban J connectivity index is 0.000000371. The maximum Gasteiger partial charge on any atom is 0.168 e. The second-order valence-corrected chi connectivity index (χ2v) is 1.37. The number of aldehydes is 1. The predicted octanol–water partition coefficient (Wildman–Crippen LogP) is 1.92. The monoisotopic (exact) mass is 137 g/mol. The summed E-state index contributed by atoms with van der Waals surface area (Å²) in [6.45, 7) is 4.00. The van der Waals surface area contributed by atoms with Crippen LogP contribution in [0, 0.1) is 0 Å². The van der Waals surface area contributed by atoms with E-state index in [-0.39, 0.29) is 0 Å². The zero-order chi connectivity index (χ0) is 7.82. The first-order valence-corrected chi connectivity index (χ1v) is 3.29. The van der Waals surface area contributed by atoms with Crippen LogP contribution in [0.15, 0.2) is 24.4 Å². The van der Waals surface area contributed by atoms with Crippen LogP contribution in [0.4, 0.5) is 0 Å². The maximum absolute atomic E-state index is 9.94. The van der Waals surface area contributed by atoms with Crippen molar-refractivity contribution in [1.29, 1.82) is 0 Å². The minimum absolute atomic E-state index is 0.479. The normalized spacial score (nSPS) is 7.40. The van der Waals surface area contributed by atoms with E-state index in [4.69, 9.17) is 0 Å². The molecular weight excluding hydrogens is 126 g/mol. The molecule has 0 saturated carbocycles. The van der Waals surface area contributed by atoms with Crippen LogP contribution in [0.1, 0.15) is 24.3 Å². The third-order valence-electron chi connectivity index (χ3n) is 0.809. The summed E-state index contributed by atoms with van der Waals surface area (Å²) in [6.07, 6.45) is 2.31. The lowest BCUT2D eigenvalue weighted by Crippen LogP contribution is -1.80. The van der Waals surface area contributed by atoms with Gasteiger partial charge in [-0.25, -0.2) is 0 Å². The lowest BCUT2D eigenvalue weighted by Gasteiger charge is -1.81. The summed E-state index contributed by atoms with van der Waals surface area (Å²) in [5.74, 6) is 0. The van der Waals surface area contributed by atoms with Gasteiger partial charge in [0.2, 0.25) is 0 Å². The van der Waals surface area contributed by atoms with Crippen molar-refractivity contribution >= 4 is 6.29 Å². The van der Waals surface area contributed by atoms with Crippen molar-refractivity contribution in [2.45, 2.75) is 13.8 Å². The third kappa shape index (κ3) is 2.97. The number of nitrogens with zero attached hydrogens (tertiary/aromatic N) is 1. The van der Waals surface area contributed by atoms with E-state index in [1.165, 1.54) is 0 Å². The minimum atomic E-state index is 0.479. The van der Waals surface area contributed by atoms with Crippen molar-refractivity contribution in [2.24, 2.45) is 0 Å². The van der Waals surface area contributed by atoms with Crippen LogP contribution in [0.5, 0.6) is 0 Å². The van der Waals surface area contributed by atoms with Gasteiger partial charge in [0.25, 0.3) is 0 Å². The van der Waals surface area contributed by atoms with Gasteiger partial charge in [0.15, 0.2) is 6.29 Å². The van der Waals surface area contributed by atoms with Gasteiger partial charge in [0.05, 0.1) is 0 Å². The van der Waals surface area contributed by atoms with Gasteiger partial charge in [0.1, 0.15) is 5.69 Å². The first kappa shape index (κ1) is 8.82. The van der Waals surface area contributed by atoms with Crippen molar-refractivity contribution in [1.82, 2.24) is 4.98 Å². The first-order valence-electron chi connectivity index (χ1n) is 3.29. The molecule has 0 aliphatic rings. The molecule has 1 aromatic heterocycles. The van der Waals surface area contributed by atoms with E-state index >= 15 is 0 Å². The van der Waals surface area contributed by atoms with E-state index in [2.05, 4.69) is 4.98 Å². The topological polar surface area (TPSA) is 30.0 Å². The van der Waals surface area contributed by atoms with Crippen LogP contribution in [0.2, 0.25) is 0 Å². The Hall–Kier alpha value is -1.18. The molecule has 10 heavy (non-hydrogen) atoms. The molecule has 0 fully saturated rings. The predicted molar refractivity (Wildman–Crippen MR) is 41.0 cm³/mol. The average Bonchev–Trinajstić information content (AvgIpc) is 2.10. The zero-order valence-electron chi connectivity index (χ0n) is 6.24. The maximum atomic E-state index is 9.94. The fourth-order valence-corrected chi connectivity index (χ4v) is 0.446. The highest BCUT2D eigenvalue weighted by molar-refractivity contribution is 5.71. The van der Waals surface area contributed by atoms with Crippen molar-refractivity contribution < 1.29 is 4.79 Å². The summed E-state index contributed by atoms with van der Waals surface area (Å²) >= 11 is 0. The molecule has 0 radical (unpaired) electrons. The average molecular weight is 137 g/mol. The Labute approximate surface area is 60.9 Å². The highest BCUT2D eigenvalue weighted by Gasteiger charge is 1.81. The molecule has 1 rings (SSSR count). The molecule has 0 atom stereocenters. The molecule has 0 aliphatic carbocycles. The SMILES string of the molecule is CC.O=Cc1ccccn1. The number of rotatable bonds is 1. The molecule has 0 amide bonds. The van der Waals surface area contributed by atoms with Crippen LogP contribution in [-0.4, -0.2) is 11.3 Å². The van der Waals surface area contributed by atoms with Gasteiger partial charge in [-0.05, 0) is 12.1 Å². The molecule has 54 valence electrons. The number of carbonyl (C=O) groups excluding carboxylic acids is 1. The summed E-state index contributed by atoms with van der Waals surface area (Å²) in [4.78, 5) is 13.7. The van der Waals surface area contributed by atoms with Gasteiger partial charge < -0.3 is 0 Å². The number of aromatic nitrogens is 1. The highest BCUT2D eigenvalue weighted by Crippen LogP contribution is 1.85. The molecule has 0 N–H and O–H groups in total. The summed E-state index contributed by atoms with van der Waals surface area (Å²) in [5.41, 5.74) is 0.479. The number of pyridine rings is 1. The Kier molecular flexibility index (Phi) is 5.25. The van der Waals surface area contributed by atoms with Gasteiger partial charge in [-0.1, -0.05) is 19.9 Å². The van der Waals surface area contributed by atoms with Gasteiger partial charge in [0, 0.05) is 6.20 Å². The molecule has 0 aromatic carbocycles. The molecule has 0 saturated heterocycles. The summed E-state index contributed by atoms with van der Waals surface area (Å²) in [7, 11) is 0. The van der Waals surface area contributed by atoms with Gasteiger partial charge in [-0.15, -0.1) is 0 Å². The molecule has 1 aromatic rings. The molecule has 2 nitrogen and oxygen atoms in total. The fourth-order valence-electron chi connectivity index (χ4n) is 0.446. The second kappa shape index (κ2) is 5.95. The first-order chi connectivity index (χ1) is 4.93. The number of hydrogen-bond donors (Lipinski definition) is 0. The van der Waals surface area contributed by atoms with Crippen LogP contribution < -0.4 is 0 Å². The molecule has 1 heterocycles. The minimum Gasteiger partial charge on any atom is -0.296 e. The lowest BCUT2D eigenvalue weighted by molar-refractivity contribution is 0.111. The van der Waals surface area contributed by atoms with Crippen molar-refractivity contribution in [3.05, 3.63) is 30.1 Å². The standard InChI is InChI=1S/C6H5NO.C2H6/c8-5-6-3-1-2-4-7-6;1-2/h1-5H;1-2H3. The lowest BCUT2D eigenvalue weighted by atomic mass is 10.4. The van der Waals surface area contributed by atoms with Gasteiger partial charge in [-0.2, -0.15) is 0 Å². The second-order valence-electron chi connectivity index (χ2n) is 1.37. The van der Waals surface area contributed by atoms with E-state index < -0.39 is 0 Å². The number of hydrogen-bond acceptors (Lipinski definition) is 2. The van der Waals surface area contributed by atoms with Crippen LogP contribution in [0.3, 0.4) is 0 Å². The van der Waals surface area contributed by atoms with Crippen LogP contribution in [0.25, 0.3) is 0 Å². The molecule has 2 heteroatoms. The van der Waals surface area contributed by atoms with Crippen molar-refractivity contribution in [2.75, 3.05) is 0 Å². The van der Waals surface area contributed by atoms with Crippen molar-refractivity contribution in [3.63, 3.8) is 0 Å². The molecule has 0 spiro atoms. The van der Waals surface area contributed by atoms with E-state index in [0.29, 0.717) is 5.69 Å². The van der Waals surface area contributed by atoms with E-state index in [1.807, 2.05) is 13.8 Å². The summed E-state index contributed by atoms with van der Waals surface area (Å²) in [6, 6.07) is 5.21. The zero-order valence-corrected chi connectivity index (χ0v) is 6.24. The Morgan fingerprint density at radius 3 is 2.40 bits per heavy atom. The van der Waals surface area contributed by atoms with Gasteiger partial charge >= 0.3 is 0 Å². The molecular formula is C8H11NO. The quantitative estimate of drug-likeness (QED) is 0.553. The van der Waals surface area contributed by atoms with Crippen LogP contribution >= 0.6 is 0 Å². The fraction of sp³-hybridized carbons (Fsp3) is 0.250. The Bertz CT molecular complexity index is 172. The smallest absolute Gasteiger partial charge is 0.168 e. The van der Waals surface area contributed by atoms with E-state index in [0.717, 1.165) is 6.29 Å². The molecule has 0 aliphatic heterocycles. The Morgan fingerprint density at radius 1 is 1.40 bits per heavy atom. The van der Waals surface area contributed by atoms with E-state index in [9.17, 15) is 4.79 Å². The molecule has 0 unspecified atom stereocenters. The molecule has 0 bridgehead atoms. The van der Waals surface area contributed by atoms with E-state index in [1.54, 1.807) is 24.4 Å². The van der Waals surface area contributed by atoms with Crippen LogP contribution in [-0.2, 0) is 0 Å².